The fourth-order valence-corrected chi connectivity index (χ4v) is 3.96. The van der Waals surface area contributed by atoms with Crippen molar-refractivity contribution in [2.24, 2.45) is 0 Å². The van der Waals surface area contributed by atoms with Gasteiger partial charge in [0.2, 0.25) is 0 Å². The zero-order valence-electron chi connectivity index (χ0n) is 13.5. The predicted octanol–water partition coefficient (Wildman–Crippen LogP) is 1.97. The average Bonchev–Trinajstić information content (AvgIpc) is 2.56. The summed E-state index contributed by atoms with van der Waals surface area (Å²) in [6.07, 6.45) is 0. The molecule has 0 unspecified atom stereocenters. The van der Waals surface area contributed by atoms with Crippen LogP contribution in [0, 0.1) is 5.82 Å². The van der Waals surface area contributed by atoms with Gasteiger partial charge in [0.15, 0.2) is 11.6 Å². The Balaban J connectivity index is 0.00000121. The number of carbonyl (C=O) groups excluding carboxylic acids is 2. The summed E-state index contributed by atoms with van der Waals surface area (Å²) in [4.78, 5) is 25.1. The molecule has 0 aromatic heterocycles. The van der Waals surface area contributed by atoms with Gasteiger partial charge in [-0.1, -0.05) is 6.07 Å². The minimum absolute atomic E-state index is 0. The molecule has 9 heteroatoms. The molecule has 0 saturated heterocycles. The van der Waals surface area contributed by atoms with Gasteiger partial charge in [0.05, 0.1) is 17.6 Å². The molecule has 0 aliphatic carbocycles. The lowest BCUT2D eigenvalue weighted by Gasteiger charge is -2.37. The smallest absolute Gasteiger partial charge is 0.175 e. The maximum atomic E-state index is 13.6. The summed E-state index contributed by atoms with van der Waals surface area (Å²) in [5.41, 5.74) is 3.57. The van der Waals surface area contributed by atoms with Crippen LogP contribution in [0.15, 0.2) is 45.2 Å². The van der Waals surface area contributed by atoms with E-state index in [9.17, 15) is 14.0 Å². The largest absolute Gasteiger partial charge is 0.359 e. The molecule has 140 valence electrons. The van der Waals surface area contributed by atoms with E-state index in [0.717, 1.165) is 17.0 Å². The monoisotopic (exact) mass is 463 g/mol. The maximum Gasteiger partial charge on any atom is 0.175 e. The number of dihydropyridines is 1. The van der Waals surface area contributed by atoms with Crippen molar-refractivity contribution in [2.45, 2.75) is 5.92 Å². The van der Waals surface area contributed by atoms with Gasteiger partial charge < -0.3 is 16.0 Å². The molecule has 3 heterocycles. The van der Waals surface area contributed by atoms with Crippen molar-refractivity contribution >= 4 is 52.3 Å². The molecule has 3 aliphatic heterocycles. The zero-order valence-corrected chi connectivity index (χ0v) is 16.7. The van der Waals surface area contributed by atoms with Gasteiger partial charge in [-0.25, -0.2) is 4.39 Å². The van der Waals surface area contributed by atoms with Gasteiger partial charge in [-0.15, -0.1) is 24.8 Å². The molecule has 1 aromatic carbocycles. The molecule has 0 saturated carbocycles. The van der Waals surface area contributed by atoms with E-state index >= 15 is 0 Å². The summed E-state index contributed by atoms with van der Waals surface area (Å²) in [7, 11) is 0. The lowest BCUT2D eigenvalue weighted by Crippen LogP contribution is -2.48. The number of benzene rings is 1. The van der Waals surface area contributed by atoms with E-state index in [2.05, 4.69) is 31.9 Å². The van der Waals surface area contributed by atoms with E-state index < -0.39 is 5.92 Å². The van der Waals surface area contributed by atoms with E-state index in [1.165, 1.54) is 6.07 Å². The third-order valence-electron chi connectivity index (χ3n) is 4.58. The molecule has 3 N–H and O–H groups in total. The van der Waals surface area contributed by atoms with Gasteiger partial charge in [0, 0.05) is 41.5 Å². The van der Waals surface area contributed by atoms with Gasteiger partial charge >= 0.3 is 0 Å². The minimum atomic E-state index is -0.447. The number of halogens is 4. The van der Waals surface area contributed by atoms with Crippen LogP contribution < -0.4 is 16.0 Å². The van der Waals surface area contributed by atoms with Crippen LogP contribution in [0.5, 0.6) is 0 Å². The molecule has 0 bridgehead atoms. The van der Waals surface area contributed by atoms with Crippen molar-refractivity contribution in [3.63, 3.8) is 0 Å². The fourth-order valence-electron chi connectivity index (χ4n) is 3.56. The Morgan fingerprint density at radius 2 is 1.46 bits per heavy atom. The molecule has 0 fully saturated rings. The highest BCUT2D eigenvalue weighted by Crippen LogP contribution is 2.41. The molecule has 4 rings (SSSR count). The highest BCUT2D eigenvalue weighted by atomic mass is 79.9. The Labute approximate surface area is 170 Å². The lowest BCUT2D eigenvalue weighted by atomic mass is 9.75. The van der Waals surface area contributed by atoms with Crippen molar-refractivity contribution in [2.75, 3.05) is 26.2 Å². The number of nitrogens with one attached hydrogen (secondary N) is 3. The summed E-state index contributed by atoms with van der Waals surface area (Å²) in [5.74, 6) is -0.888. The SMILES string of the molecule is Cl.Cl.O=C1CNCC2=C1C(c1ccc(F)c(Br)c1)C1=C(CNCC1=O)N2. The summed E-state index contributed by atoms with van der Waals surface area (Å²) in [6.45, 7) is 1.58. The van der Waals surface area contributed by atoms with E-state index in [0.29, 0.717) is 28.7 Å². The molecular weight excluding hydrogens is 448 g/mol. The van der Waals surface area contributed by atoms with Gasteiger partial charge in [-0.3, -0.25) is 9.59 Å². The van der Waals surface area contributed by atoms with Crippen molar-refractivity contribution in [1.29, 1.82) is 0 Å². The first-order valence-electron chi connectivity index (χ1n) is 7.72. The van der Waals surface area contributed by atoms with Crippen LogP contribution in [0.25, 0.3) is 0 Å². The third-order valence-corrected chi connectivity index (χ3v) is 5.19. The van der Waals surface area contributed by atoms with E-state index in [4.69, 9.17) is 0 Å². The predicted molar refractivity (Wildman–Crippen MR) is 104 cm³/mol. The van der Waals surface area contributed by atoms with Crippen LogP contribution in [-0.4, -0.2) is 37.7 Å². The van der Waals surface area contributed by atoms with Crippen LogP contribution in [-0.2, 0) is 9.59 Å². The highest BCUT2D eigenvalue weighted by Gasteiger charge is 2.40. The Kier molecular flexibility index (Phi) is 6.63. The molecule has 0 atom stereocenters. The van der Waals surface area contributed by atoms with Crippen molar-refractivity contribution in [3.8, 4) is 0 Å². The van der Waals surface area contributed by atoms with Crippen LogP contribution >= 0.6 is 40.7 Å². The first-order chi connectivity index (χ1) is 11.6. The van der Waals surface area contributed by atoms with Crippen LogP contribution in [0.2, 0.25) is 0 Å². The molecular formula is C17H17BrCl2FN3O2. The molecule has 26 heavy (non-hydrogen) atoms. The minimum Gasteiger partial charge on any atom is -0.359 e. The molecule has 1 aromatic rings. The van der Waals surface area contributed by atoms with Crippen molar-refractivity contribution in [1.82, 2.24) is 16.0 Å². The molecule has 0 amide bonds. The van der Waals surface area contributed by atoms with Crippen LogP contribution in [0.3, 0.4) is 0 Å². The normalized spacial score (nSPS) is 19.9. The molecule has 3 aliphatic rings. The topological polar surface area (TPSA) is 70.2 Å². The van der Waals surface area contributed by atoms with Crippen molar-refractivity contribution < 1.29 is 14.0 Å². The van der Waals surface area contributed by atoms with Gasteiger partial charge in [-0.05, 0) is 33.6 Å². The lowest BCUT2D eigenvalue weighted by molar-refractivity contribution is -0.116. The van der Waals surface area contributed by atoms with E-state index in [1.54, 1.807) is 12.1 Å². The Morgan fingerprint density at radius 3 is 1.96 bits per heavy atom. The zero-order chi connectivity index (χ0) is 16.8. The molecule has 0 radical (unpaired) electrons. The second-order valence-electron chi connectivity index (χ2n) is 6.07. The van der Waals surface area contributed by atoms with E-state index in [-0.39, 0.29) is 55.3 Å². The standard InChI is InChI=1S/C17H15BrFN3O2.2ClH/c18-9-3-8(1-2-10(9)19)15-16-11(4-20-6-13(16)23)22-12-5-21-7-14(24)17(12)15;;/h1-3,15,20-22H,4-7H2;2*1H. The third kappa shape index (κ3) is 3.46. The second-order valence-corrected chi connectivity index (χ2v) is 6.92. The summed E-state index contributed by atoms with van der Waals surface area (Å²) < 4.78 is 14.0. The summed E-state index contributed by atoms with van der Waals surface area (Å²) in [6, 6.07) is 4.67. The van der Waals surface area contributed by atoms with E-state index in [1.807, 2.05) is 0 Å². The number of carbonyl (C=O) groups is 2. The van der Waals surface area contributed by atoms with Crippen LogP contribution in [0.4, 0.5) is 4.39 Å². The Hall–Kier alpha value is -1.25. The summed E-state index contributed by atoms with van der Waals surface area (Å²) in [5, 5.41) is 9.38. The number of hydrogen-bond acceptors (Lipinski definition) is 5. The van der Waals surface area contributed by atoms with Gasteiger partial charge in [0.25, 0.3) is 0 Å². The number of Topliss-reactive ketones (excluding diaryl/α,β-unsaturated/α-hetero) is 2. The summed E-state index contributed by atoms with van der Waals surface area (Å²) >= 11 is 3.20. The van der Waals surface area contributed by atoms with Crippen LogP contribution in [0.1, 0.15) is 11.5 Å². The molecule has 5 nitrogen and oxygen atoms in total. The first kappa shape index (κ1) is 21.1. The maximum absolute atomic E-state index is 13.6. The quantitative estimate of drug-likeness (QED) is 0.592. The highest BCUT2D eigenvalue weighted by molar-refractivity contribution is 9.10. The average molecular weight is 465 g/mol. The molecule has 0 spiro atoms. The fraction of sp³-hybridized carbons (Fsp3) is 0.294. The van der Waals surface area contributed by atoms with Gasteiger partial charge in [0.1, 0.15) is 5.82 Å². The Bertz CT molecular complexity index is 799. The number of rotatable bonds is 1. The number of hydrogen-bond donors (Lipinski definition) is 3. The van der Waals surface area contributed by atoms with Gasteiger partial charge in [-0.2, -0.15) is 0 Å². The Morgan fingerprint density at radius 1 is 0.923 bits per heavy atom. The number of ketones is 2. The second kappa shape index (κ2) is 8.19. The van der Waals surface area contributed by atoms with Crippen molar-refractivity contribution in [3.05, 3.63) is 56.6 Å². The first-order valence-corrected chi connectivity index (χ1v) is 8.51.